The first-order chi connectivity index (χ1) is 9.79. The van der Waals surface area contributed by atoms with Gasteiger partial charge in [0, 0.05) is 6.54 Å². The normalized spacial score (nSPS) is 10.9. The van der Waals surface area contributed by atoms with Crippen LogP contribution in [-0.4, -0.2) is 32.6 Å². The van der Waals surface area contributed by atoms with Gasteiger partial charge in [-0.15, -0.1) is 0 Å². The van der Waals surface area contributed by atoms with Crippen LogP contribution in [0.25, 0.3) is 0 Å². The average molecular weight is 319 g/mol. The predicted molar refractivity (Wildman–Crippen MR) is 71.6 cm³/mol. The molecule has 0 unspecified atom stereocenters. The molecular formula is C9H13N5O6S. The number of nitrogens with zero attached hydrogens (tertiary/aromatic N) is 1. The largest absolute Gasteiger partial charge is 0.448 e. The average Bonchev–Trinajstić information content (AvgIpc) is 2.42. The predicted octanol–water partition coefficient (Wildman–Crippen LogP) is -0.746. The van der Waals surface area contributed by atoms with Crippen molar-refractivity contribution in [1.29, 1.82) is 0 Å². The standard InChI is InChI=1S/C9H13N5O6S/c10-9(15)20-5-4-12-21(18,19)7-3-1-2-6(13-11)8(7)14(16)17/h1-3,12-13H,4-5,11H2,(H2,10,15). The summed E-state index contributed by atoms with van der Waals surface area (Å²) in [6.45, 7) is -0.597. The summed E-state index contributed by atoms with van der Waals surface area (Å²) in [5.74, 6) is 5.11. The molecule has 0 atom stereocenters. The number of ether oxygens (including phenoxy) is 1. The molecule has 0 saturated carbocycles. The van der Waals surface area contributed by atoms with Crippen LogP contribution in [0, 0.1) is 10.1 Å². The van der Waals surface area contributed by atoms with Crippen LogP contribution < -0.4 is 21.7 Å². The van der Waals surface area contributed by atoms with Crippen molar-refractivity contribution in [2.24, 2.45) is 11.6 Å². The van der Waals surface area contributed by atoms with E-state index in [-0.39, 0.29) is 18.8 Å². The van der Waals surface area contributed by atoms with Crippen LogP contribution >= 0.6 is 0 Å². The van der Waals surface area contributed by atoms with E-state index in [1.165, 1.54) is 12.1 Å². The Bertz CT molecular complexity index is 646. The van der Waals surface area contributed by atoms with Crippen molar-refractivity contribution in [3.8, 4) is 0 Å². The number of amides is 1. The van der Waals surface area contributed by atoms with Gasteiger partial charge in [-0.3, -0.25) is 16.0 Å². The Hall–Kier alpha value is -2.44. The molecule has 1 aromatic carbocycles. The molecule has 11 nitrogen and oxygen atoms in total. The lowest BCUT2D eigenvalue weighted by Crippen LogP contribution is -2.29. The van der Waals surface area contributed by atoms with Gasteiger partial charge < -0.3 is 15.9 Å². The molecule has 0 heterocycles. The van der Waals surface area contributed by atoms with Crippen LogP contribution in [0.15, 0.2) is 23.1 Å². The maximum Gasteiger partial charge on any atom is 0.404 e. The number of para-hydroxylation sites is 1. The molecule has 1 rings (SSSR count). The number of hydrogen-bond donors (Lipinski definition) is 4. The number of hydrazine groups is 1. The van der Waals surface area contributed by atoms with E-state index in [0.717, 1.165) is 6.07 Å². The number of nitro groups is 1. The van der Waals surface area contributed by atoms with E-state index in [4.69, 9.17) is 11.6 Å². The summed E-state index contributed by atoms with van der Waals surface area (Å²) in [4.78, 5) is 19.9. The number of primary amides is 1. The van der Waals surface area contributed by atoms with Crippen molar-refractivity contribution in [3.05, 3.63) is 28.3 Å². The summed E-state index contributed by atoms with van der Waals surface area (Å²) in [7, 11) is -4.19. The van der Waals surface area contributed by atoms with Gasteiger partial charge in [0.15, 0.2) is 4.90 Å². The molecule has 6 N–H and O–H groups in total. The molecule has 1 aromatic rings. The highest BCUT2D eigenvalue weighted by Crippen LogP contribution is 2.30. The summed E-state index contributed by atoms with van der Waals surface area (Å²) in [5.41, 5.74) is 5.91. The van der Waals surface area contributed by atoms with Gasteiger partial charge in [-0.05, 0) is 12.1 Å². The molecular weight excluding hydrogens is 306 g/mol. The van der Waals surface area contributed by atoms with Crippen molar-refractivity contribution >= 4 is 27.5 Å². The zero-order valence-electron chi connectivity index (χ0n) is 10.6. The lowest BCUT2D eigenvalue weighted by atomic mass is 10.3. The number of benzene rings is 1. The Labute approximate surface area is 119 Å². The fourth-order valence-corrected chi connectivity index (χ4v) is 2.65. The van der Waals surface area contributed by atoms with Crippen molar-refractivity contribution < 1.29 is 22.9 Å². The molecule has 21 heavy (non-hydrogen) atoms. The van der Waals surface area contributed by atoms with Gasteiger partial charge in [0.2, 0.25) is 10.0 Å². The molecule has 1 amide bonds. The van der Waals surface area contributed by atoms with Gasteiger partial charge in [0.1, 0.15) is 12.3 Å². The van der Waals surface area contributed by atoms with Crippen LogP contribution in [-0.2, 0) is 14.8 Å². The highest BCUT2D eigenvalue weighted by molar-refractivity contribution is 7.89. The third-order valence-electron chi connectivity index (χ3n) is 2.27. The third kappa shape index (κ3) is 4.27. The maximum absolute atomic E-state index is 12.0. The number of nitro benzene ring substituents is 1. The van der Waals surface area contributed by atoms with E-state index >= 15 is 0 Å². The van der Waals surface area contributed by atoms with Gasteiger partial charge in [-0.2, -0.15) is 0 Å². The minimum Gasteiger partial charge on any atom is -0.448 e. The van der Waals surface area contributed by atoms with Crippen LogP contribution in [0.3, 0.4) is 0 Å². The number of nitrogen functional groups attached to an aromatic ring is 1. The van der Waals surface area contributed by atoms with Crippen molar-refractivity contribution in [3.63, 3.8) is 0 Å². The topological polar surface area (TPSA) is 180 Å². The minimum atomic E-state index is -4.19. The Balaban J connectivity index is 3.03. The van der Waals surface area contributed by atoms with Gasteiger partial charge >= 0.3 is 11.8 Å². The second kappa shape index (κ2) is 6.83. The van der Waals surface area contributed by atoms with Crippen molar-refractivity contribution in [2.45, 2.75) is 4.90 Å². The summed E-state index contributed by atoms with van der Waals surface area (Å²) < 4.78 is 30.4. The Morgan fingerprint density at radius 1 is 1.43 bits per heavy atom. The molecule has 12 heteroatoms. The molecule has 116 valence electrons. The second-order valence-electron chi connectivity index (χ2n) is 3.62. The molecule has 0 aromatic heterocycles. The molecule has 0 aliphatic rings. The maximum atomic E-state index is 12.0. The molecule has 0 aliphatic carbocycles. The molecule has 0 spiro atoms. The SMILES string of the molecule is NNc1cccc(S(=O)(=O)NCCOC(N)=O)c1[N+](=O)[O-]. The third-order valence-corrected chi connectivity index (χ3v) is 3.76. The number of hydrogen-bond acceptors (Lipinski definition) is 8. The molecule has 0 radical (unpaired) electrons. The smallest absolute Gasteiger partial charge is 0.404 e. The molecule has 0 fully saturated rings. The van der Waals surface area contributed by atoms with E-state index in [2.05, 4.69) is 10.2 Å². The van der Waals surface area contributed by atoms with E-state index in [1.54, 1.807) is 0 Å². The van der Waals surface area contributed by atoms with E-state index < -0.39 is 31.6 Å². The number of anilines is 1. The highest BCUT2D eigenvalue weighted by Gasteiger charge is 2.28. The fourth-order valence-electron chi connectivity index (χ4n) is 1.45. The zero-order valence-corrected chi connectivity index (χ0v) is 11.4. The van der Waals surface area contributed by atoms with Gasteiger partial charge in [0.25, 0.3) is 0 Å². The Morgan fingerprint density at radius 2 is 2.10 bits per heavy atom. The summed E-state index contributed by atoms with van der Waals surface area (Å²) in [6, 6.07) is 3.60. The van der Waals surface area contributed by atoms with Crippen LogP contribution in [0.4, 0.5) is 16.2 Å². The van der Waals surface area contributed by atoms with E-state index in [1.807, 2.05) is 4.72 Å². The van der Waals surface area contributed by atoms with Crippen LogP contribution in [0.1, 0.15) is 0 Å². The van der Waals surface area contributed by atoms with Crippen molar-refractivity contribution in [1.82, 2.24) is 4.72 Å². The number of carbonyl (C=O) groups excluding carboxylic acids is 1. The quantitative estimate of drug-likeness (QED) is 0.219. The Morgan fingerprint density at radius 3 is 2.62 bits per heavy atom. The van der Waals surface area contributed by atoms with E-state index in [0.29, 0.717) is 0 Å². The second-order valence-corrected chi connectivity index (χ2v) is 5.35. The van der Waals surface area contributed by atoms with E-state index in [9.17, 15) is 23.3 Å². The number of rotatable bonds is 7. The van der Waals surface area contributed by atoms with Gasteiger partial charge in [0.05, 0.1) is 4.92 Å². The monoisotopic (exact) mass is 319 g/mol. The Kier molecular flexibility index (Phi) is 5.40. The number of sulfonamides is 1. The van der Waals surface area contributed by atoms with Crippen LogP contribution in [0.2, 0.25) is 0 Å². The lowest BCUT2D eigenvalue weighted by Gasteiger charge is -2.09. The van der Waals surface area contributed by atoms with Gasteiger partial charge in [-0.1, -0.05) is 6.07 Å². The molecule has 0 saturated heterocycles. The fraction of sp³-hybridized carbons (Fsp3) is 0.222. The van der Waals surface area contributed by atoms with Crippen molar-refractivity contribution in [2.75, 3.05) is 18.6 Å². The summed E-state index contributed by atoms with van der Waals surface area (Å²) in [6.07, 6.45) is -1.06. The number of carbonyl (C=O) groups is 1. The summed E-state index contributed by atoms with van der Waals surface area (Å²) >= 11 is 0. The number of nitrogens with two attached hydrogens (primary N) is 2. The lowest BCUT2D eigenvalue weighted by molar-refractivity contribution is -0.386. The van der Waals surface area contributed by atoms with Crippen LogP contribution in [0.5, 0.6) is 0 Å². The number of nitrogens with one attached hydrogen (secondary N) is 2. The zero-order chi connectivity index (χ0) is 16.0. The minimum absolute atomic E-state index is 0.156. The summed E-state index contributed by atoms with van der Waals surface area (Å²) in [5, 5.41) is 11.0. The van der Waals surface area contributed by atoms with Gasteiger partial charge in [-0.25, -0.2) is 17.9 Å². The first-order valence-electron chi connectivity index (χ1n) is 5.45. The first-order valence-corrected chi connectivity index (χ1v) is 6.94. The molecule has 0 aliphatic heterocycles. The molecule has 0 bridgehead atoms. The first kappa shape index (κ1) is 16.6. The highest BCUT2D eigenvalue weighted by atomic mass is 32.2.